The molecule has 0 aromatic heterocycles. The topological polar surface area (TPSA) is 18.5 Å². The lowest BCUT2D eigenvalue weighted by atomic mass is 9.99. The fourth-order valence-corrected chi connectivity index (χ4v) is 3.10. The normalized spacial score (nSPS) is 28.6. The van der Waals surface area contributed by atoms with Crippen molar-refractivity contribution in [1.29, 1.82) is 0 Å². The third-order valence-electron chi connectivity index (χ3n) is 4.22. The average molecular weight is 237 g/mol. The molecule has 98 valence electrons. The number of piperazine rings is 1. The van der Waals surface area contributed by atoms with Crippen LogP contribution in [-0.2, 0) is 0 Å². The molecule has 0 amide bonds. The Bertz CT molecular complexity index is 242. The second-order valence-electron chi connectivity index (χ2n) is 5.48. The van der Waals surface area contributed by atoms with Crippen molar-refractivity contribution in [2.24, 2.45) is 0 Å². The Hall–Kier alpha value is -0.380. The maximum absolute atomic E-state index is 3.74. The van der Waals surface area contributed by atoms with Gasteiger partial charge in [-0.25, -0.2) is 0 Å². The van der Waals surface area contributed by atoms with E-state index in [2.05, 4.69) is 28.6 Å². The first-order valence-corrected chi connectivity index (χ1v) is 7.11. The third kappa shape index (κ3) is 3.54. The molecule has 3 nitrogen and oxygen atoms in total. The molecule has 2 fully saturated rings. The zero-order chi connectivity index (χ0) is 12.1. The summed E-state index contributed by atoms with van der Waals surface area (Å²) in [5.41, 5.74) is 0. The molecule has 0 aliphatic carbocycles. The molecule has 1 N–H and O–H groups in total. The molecule has 2 saturated heterocycles. The summed E-state index contributed by atoms with van der Waals surface area (Å²) in [6.07, 6.45) is 6.18. The summed E-state index contributed by atoms with van der Waals surface area (Å²) in [7, 11) is 0. The summed E-state index contributed by atoms with van der Waals surface area (Å²) < 4.78 is 0. The van der Waals surface area contributed by atoms with Gasteiger partial charge in [0, 0.05) is 44.8 Å². The largest absolute Gasteiger partial charge is 0.312 e. The van der Waals surface area contributed by atoms with E-state index in [1.165, 1.54) is 45.4 Å². The van der Waals surface area contributed by atoms with Gasteiger partial charge < -0.3 is 5.32 Å². The van der Waals surface area contributed by atoms with Crippen molar-refractivity contribution in [1.82, 2.24) is 15.1 Å². The van der Waals surface area contributed by atoms with Gasteiger partial charge >= 0.3 is 0 Å². The van der Waals surface area contributed by atoms with Gasteiger partial charge in [-0.1, -0.05) is 12.5 Å². The van der Waals surface area contributed by atoms with E-state index in [1.54, 1.807) is 0 Å². The smallest absolute Gasteiger partial charge is 0.0223 e. The fourth-order valence-electron chi connectivity index (χ4n) is 3.10. The average Bonchev–Trinajstić information content (AvgIpc) is 2.38. The molecule has 0 aromatic rings. The Kier molecular flexibility index (Phi) is 5.01. The van der Waals surface area contributed by atoms with E-state index >= 15 is 0 Å². The molecule has 2 atom stereocenters. The van der Waals surface area contributed by atoms with Crippen LogP contribution in [-0.4, -0.2) is 61.2 Å². The lowest BCUT2D eigenvalue weighted by Crippen LogP contribution is -2.58. The molecule has 2 unspecified atom stereocenters. The monoisotopic (exact) mass is 237 g/mol. The van der Waals surface area contributed by atoms with Gasteiger partial charge in [0.25, 0.3) is 0 Å². The number of nitrogens with zero attached hydrogens (tertiary/aromatic N) is 2. The zero-order valence-electron chi connectivity index (χ0n) is 11.2. The Labute approximate surface area is 106 Å². The number of hydrogen-bond donors (Lipinski definition) is 1. The van der Waals surface area contributed by atoms with Gasteiger partial charge in [0.2, 0.25) is 0 Å². The van der Waals surface area contributed by atoms with E-state index in [1.807, 2.05) is 6.08 Å². The van der Waals surface area contributed by atoms with Crippen LogP contribution in [0.4, 0.5) is 0 Å². The highest BCUT2D eigenvalue weighted by Gasteiger charge is 2.30. The number of nitrogens with one attached hydrogen (secondary N) is 1. The van der Waals surface area contributed by atoms with Crippen LogP contribution in [0.15, 0.2) is 12.7 Å². The highest BCUT2D eigenvalue weighted by Crippen LogP contribution is 2.21. The maximum Gasteiger partial charge on any atom is 0.0223 e. The van der Waals surface area contributed by atoms with Gasteiger partial charge in [0.15, 0.2) is 0 Å². The lowest BCUT2D eigenvalue weighted by molar-refractivity contribution is 0.0314. The van der Waals surface area contributed by atoms with Gasteiger partial charge in [-0.3, -0.25) is 9.80 Å². The van der Waals surface area contributed by atoms with Crippen LogP contribution in [0, 0.1) is 0 Å². The SMILES string of the molecule is C=CCNCC(C)N1CCN2CCCCC2C1. The van der Waals surface area contributed by atoms with Crippen molar-refractivity contribution in [3.63, 3.8) is 0 Å². The number of piperidine rings is 1. The molecule has 2 heterocycles. The summed E-state index contributed by atoms with van der Waals surface area (Å²) in [4.78, 5) is 5.35. The van der Waals surface area contributed by atoms with Crippen molar-refractivity contribution >= 4 is 0 Å². The zero-order valence-corrected chi connectivity index (χ0v) is 11.2. The molecule has 0 saturated carbocycles. The van der Waals surface area contributed by atoms with Crippen LogP contribution < -0.4 is 5.32 Å². The van der Waals surface area contributed by atoms with Crippen molar-refractivity contribution in [3.8, 4) is 0 Å². The standard InChI is InChI=1S/C14H27N3/c1-3-7-15-11-13(2)17-10-9-16-8-5-4-6-14(16)12-17/h3,13-15H,1,4-12H2,2H3. The van der Waals surface area contributed by atoms with E-state index in [9.17, 15) is 0 Å². The van der Waals surface area contributed by atoms with Gasteiger partial charge in [-0.05, 0) is 26.3 Å². The van der Waals surface area contributed by atoms with Crippen LogP contribution >= 0.6 is 0 Å². The molecule has 2 rings (SSSR count). The van der Waals surface area contributed by atoms with Gasteiger partial charge in [-0.2, -0.15) is 0 Å². The van der Waals surface area contributed by atoms with Crippen LogP contribution in [0.1, 0.15) is 26.2 Å². The van der Waals surface area contributed by atoms with Crippen LogP contribution in [0.3, 0.4) is 0 Å². The van der Waals surface area contributed by atoms with E-state index in [4.69, 9.17) is 0 Å². The molecule has 0 radical (unpaired) electrons. The minimum Gasteiger partial charge on any atom is -0.312 e. The summed E-state index contributed by atoms with van der Waals surface area (Å²) in [5.74, 6) is 0. The molecule has 17 heavy (non-hydrogen) atoms. The van der Waals surface area contributed by atoms with E-state index in [0.29, 0.717) is 6.04 Å². The predicted octanol–water partition coefficient (Wildman–Crippen LogP) is 1.32. The van der Waals surface area contributed by atoms with Gasteiger partial charge in [0.05, 0.1) is 0 Å². The van der Waals surface area contributed by atoms with Crippen molar-refractivity contribution in [2.75, 3.05) is 39.3 Å². The van der Waals surface area contributed by atoms with E-state index in [0.717, 1.165) is 19.1 Å². The first kappa shape index (κ1) is 13.1. The molecule has 0 aromatic carbocycles. The summed E-state index contributed by atoms with van der Waals surface area (Å²) >= 11 is 0. The Balaban J connectivity index is 1.76. The summed E-state index contributed by atoms with van der Waals surface area (Å²) in [6.45, 7) is 13.2. The number of hydrogen-bond acceptors (Lipinski definition) is 3. The van der Waals surface area contributed by atoms with Crippen molar-refractivity contribution in [2.45, 2.75) is 38.3 Å². The van der Waals surface area contributed by atoms with Crippen LogP contribution in [0.25, 0.3) is 0 Å². The second-order valence-corrected chi connectivity index (χ2v) is 5.48. The molecular formula is C14H27N3. The maximum atomic E-state index is 3.74. The lowest BCUT2D eigenvalue weighted by Gasteiger charge is -2.46. The predicted molar refractivity (Wildman–Crippen MR) is 73.3 cm³/mol. The summed E-state index contributed by atoms with van der Waals surface area (Å²) in [6, 6.07) is 1.48. The molecular weight excluding hydrogens is 210 g/mol. The molecule has 0 bridgehead atoms. The molecule has 0 spiro atoms. The first-order chi connectivity index (χ1) is 8.31. The first-order valence-electron chi connectivity index (χ1n) is 7.11. The van der Waals surface area contributed by atoms with Crippen molar-refractivity contribution < 1.29 is 0 Å². The highest BCUT2D eigenvalue weighted by atomic mass is 15.3. The second kappa shape index (κ2) is 6.53. The fraction of sp³-hybridized carbons (Fsp3) is 0.857. The minimum atomic E-state index is 0.652. The molecule has 2 aliphatic rings. The van der Waals surface area contributed by atoms with Crippen LogP contribution in [0.5, 0.6) is 0 Å². The summed E-state index contributed by atoms with van der Waals surface area (Å²) in [5, 5.41) is 3.43. The van der Waals surface area contributed by atoms with Gasteiger partial charge in [-0.15, -0.1) is 6.58 Å². The van der Waals surface area contributed by atoms with Crippen molar-refractivity contribution in [3.05, 3.63) is 12.7 Å². The van der Waals surface area contributed by atoms with Crippen LogP contribution in [0.2, 0.25) is 0 Å². The Morgan fingerprint density at radius 1 is 1.35 bits per heavy atom. The molecule has 2 aliphatic heterocycles. The molecule has 3 heteroatoms. The number of rotatable bonds is 5. The number of fused-ring (bicyclic) bond motifs is 1. The highest BCUT2D eigenvalue weighted by molar-refractivity contribution is 4.87. The van der Waals surface area contributed by atoms with E-state index in [-0.39, 0.29) is 0 Å². The van der Waals surface area contributed by atoms with Gasteiger partial charge in [0.1, 0.15) is 0 Å². The minimum absolute atomic E-state index is 0.652. The third-order valence-corrected chi connectivity index (χ3v) is 4.22. The quantitative estimate of drug-likeness (QED) is 0.575. The Morgan fingerprint density at radius 3 is 3.06 bits per heavy atom. The van der Waals surface area contributed by atoms with E-state index < -0.39 is 0 Å². The Morgan fingerprint density at radius 2 is 2.24 bits per heavy atom.